The number of nitrogen functional groups attached to an aromatic ring is 1. The summed E-state index contributed by atoms with van der Waals surface area (Å²) in [7, 11) is 0. The maximum atomic E-state index is 13.1. The molecule has 0 spiro atoms. The molecule has 0 aliphatic carbocycles. The highest BCUT2D eigenvalue weighted by Gasteiger charge is 2.25. The van der Waals surface area contributed by atoms with E-state index < -0.39 is 0 Å². The molecule has 0 fully saturated rings. The van der Waals surface area contributed by atoms with E-state index in [0.717, 1.165) is 5.69 Å². The van der Waals surface area contributed by atoms with Crippen LogP contribution in [0.3, 0.4) is 0 Å². The van der Waals surface area contributed by atoms with Gasteiger partial charge in [0.2, 0.25) is 11.9 Å². The number of benzene rings is 2. The van der Waals surface area contributed by atoms with Crippen molar-refractivity contribution in [2.24, 2.45) is 0 Å². The number of hydrogen-bond donors (Lipinski definition) is 3. The van der Waals surface area contributed by atoms with Gasteiger partial charge < -0.3 is 25.8 Å². The number of nitrogens with one attached hydrogen (secondary N) is 1. The highest BCUT2D eigenvalue weighted by Crippen LogP contribution is 2.33. The number of fused-ring (bicyclic) bond motifs is 1. The lowest BCUT2D eigenvalue weighted by molar-refractivity contribution is 0.112. The number of anilines is 4. The van der Waals surface area contributed by atoms with Crippen LogP contribution in [0.2, 0.25) is 0 Å². The second-order valence-electron chi connectivity index (χ2n) is 6.34. The first-order chi connectivity index (χ1) is 13.6. The summed E-state index contributed by atoms with van der Waals surface area (Å²) in [6.07, 6.45) is -0.342. The second kappa shape index (κ2) is 7.65. The number of halogens is 1. The Kier molecular flexibility index (Phi) is 4.90. The quantitative estimate of drug-likeness (QED) is 0.615. The minimum Gasteiger partial charge on any atom is -0.484 e. The number of nitrogens with zero attached hydrogens (tertiary/aromatic N) is 4. The van der Waals surface area contributed by atoms with Crippen LogP contribution in [-0.2, 0) is 6.54 Å². The maximum Gasteiger partial charge on any atom is 0.232 e. The topological polar surface area (TPSA) is 109 Å². The third-order valence-electron chi connectivity index (χ3n) is 4.26. The minimum absolute atomic E-state index is 0.0786. The number of para-hydroxylation sites is 2. The molecule has 4 rings (SSSR count). The zero-order valence-electron chi connectivity index (χ0n) is 14.9. The molecule has 144 valence electrons. The third-order valence-corrected chi connectivity index (χ3v) is 4.26. The molecule has 0 bridgehead atoms. The summed E-state index contributed by atoms with van der Waals surface area (Å²) in [5, 5.41) is 12.5. The predicted octanol–water partition coefficient (Wildman–Crippen LogP) is 2.10. The van der Waals surface area contributed by atoms with Gasteiger partial charge in [-0.25, -0.2) is 4.39 Å². The fourth-order valence-electron chi connectivity index (χ4n) is 3.02. The molecule has 0 unspecified atom stereocenters. The van der Waals surface area contributed by atoms with Crippen LogP contribution in [0.5, 0.6) is 5.75 Å². The summed E-state index contributed by atoms with van der Waals surface area (Å²) in [6, 6.07) is 13.4. The van der Waals surface area contributed by atoms with Gasteiger partial charge in [-0.3, -0.25) is 0 Å². The summed E-state index contributed by atoms with van der Waals surface area (Å²) in [4.78, 5) is 14.7. The third kappa shape index (κ3) is 3.94. The lowest BCUT2D eigenvalue weighted by atomic mass is 10.2. The number of hydrogen-bond acceptors (Lipinski definition) is 8. The smallest absolute Gasteiger partial charge is 0.232 e. The number of aliphatic hydroxyl groups excluding tert-OH is 1. The Balaban J connectivity index is 1.58. The van der Waals surface area contributed by atoms with E-state index in [2.05, 4.69) is 20.3 Å². The Morgan fingerprint density at radius 2 is 1.93 bits per heavy atom. The van der Waals surface area contributed by atoms with E-state index in [0.29, 0.717) is 30.4 Å². The van der Waals surface area contributed by atoms with Crippen molar-refractivity contribution >= 4 is 23.3 Å². The Morgan fingerprint density at radius 3 is 2.71 bits per heavy atom. The van der Waals surface area contributed by atoms with Gasteiger partial charge in [0.05, 0.1) is 25.4 Å². The van der Waals surface area contributed by atoms with E-state index in [4.69, 9.17) is 10.5 Å². The molecule has 0 radical (unpaired) electrons. The minimum atomic E-state index is -0.342. The van der Waals surface area contributed by atoms with Crippen molar-refractivity contribution in [1.82, 2.24) is 15.0 Å². The second-order valence-corrected chi connectivity index (χ2v) is 6.34. The standard InChI is InChI=1S/C19H19FN6O2/c20-12-5-7-13(8-6-12)22-19-24-17(23-18(21)25-19)10-26-9-14(11-27)28-16-4-2-1-3-15(16)26/h1-8,14,27H,9-11H2,(H3,21,22,23,24,25)/t14-/m1/s1. The molecule has 1 atom stereocenters. The molecule has 28 heavy (non-hydrogen) atoms. The summed E-state index contributed by atoms with van der Waals surface area (Å²) in [5.74, 6) is 1.18. The first kappa shape index (κ1) is 17.9. The Bertz CT molecular complexity index is 969. The van der Waals surface area contributed by atoms with Crippen LogP contribution < -0.4 is 20.7 Å². The molecule has 2 heterocycles. The van der Waals surface area contributed by atoms with Gasteiger partial charge in [-0.2, -0.15) is 15.0 Å². The molecule has 1 aliphatic rings. The number of rotatable bonds is 5. The van der Waals surface area contributed by atoms with E-state index in [1.165, 1.54) is 12.1 Å². The highest BCUT2D eigenvalue weighted by atomic mass is 19.1. The fraction of sp³-hybridized carbons (Fsp3) is 0.211. The average molecular weight is 382 g/mol. The summed E-state index contributed by atoms with van der Waals surface area (Å²) >= 11 is 0. The van der Waals surface area contributed by atoms with Gasteiger partial charge in [-0.05, 0) is 36.4 Å². The van der Waals surface area contributed by atoms with Crippen molar-refractivity contribution in [2.75, 3.05) is 29.1 Å². The number of nitrogens with two attached hydrogens (primary N) is 1. The van der Waals surface area contributed by atoms with E-state index >= 15 is 0 Å². The highest BCUT2D eigenvalue weighted by molar-refractivity contribution is 5.60. The van der Waals surface area contributed by atoms with E-state index in [1.807, 2.05) is 29.2 Å². The number of ether oxygens (including phenoxy) is 1. The summed E-state index contributed by atoms with van der Waals surface area (Å²) in [6.45, 7) is 0.753. The lowest BCUT2D eigenvalue weighted by Crippen LogP contribution is -2.41. The molecule has 0 saturated carbocycles. The maximum absolute atomic E-state index is 13.1. The van der Waals surface area contributed by atoms with Crippen molar-refractivity contribution in [3.8, 4) is 5.75 Å². The fourth-order valence-corrected chi connectivity index (χ4v) is 3.02. The van der Waals surface area contributed by atoms with Crippen LogP contribution in [0, 0.1) is 5.82 Å². The molecule has 4 N–H and O–H groups in total. The van der Waals surface area contributed by atoms with Gasteiger partial charge in [-0.1, -0.05) is 12.1 Å². The van der Waals surface area contributed by atoms with Crippen LogP contribution >= 0.6 is 0 Å². The van der Waals surface area contributed by atoms with Crippen molar-refractivity contribution in [3.63, 3.8) is 0 Å². The largest absolute Gasteiger partial charge is 0.484 e. The van der Waals surface area contributed by atoms with Crippen LogP contribution in [0.1, 0.15) is 5.82 Å². The van der Waals surface area contributed by atoms with E-state index in [1.54, 1.807) is 12.1 Å². The van der Waals surface area contributed by atoms with Crippen molar-refractivity contribution in [3.05, 3.63) is 60.2 Å². The van der Waals surface area contributed by atoms with Gasteiger partial charge in [0.25, 0.3) is 0 Å². The lowest BCUT2D eigenvalue weighted by Gasteiger charge is -2.35. The number of aromatic nitrogens is 3. The van der Waals surface area contributed by atoms with Crippen molar-refractivity contribution in [1.29, 1.82) is 0 Å². The Hall–Kier alpha value is -3.46. The van der Waals surface area contributed by atoms with Gasteiger partial charge in [0.15, 0.2) is 5.82 Å². The molecular formula is C19H19FN6O2. The predicted molar refractivity (Wildman–Crippen MR) is 103 cm³/mol. The molecule has 2 aromatic carbocycles. The molecule has 3 aromatic rings. The van der Waals surface area contributed by atoms with Crippen molar-refractivity contribution < 1.29 is 14.2 Å². The van der Waals surface area contributed by atoms with Crippen LogP contribution in [0.4, 0.5) is 27.7 Å². The van der Waals surface area contributed by atoms with Crippen molar-refractivity contribution in [2.45, 2.75) is 12.6 Å². The Labute approximate surface area is 160 Å². The zero-order valence-corrected chi connectivity index (χ0v) is 14.9. The zero-order chi connectivity index (χ0) is 19.5. The summed E-state index contributed by atoms with van der Waals surface area (Å²) < 4.78 is 18.8. The van der Waals surface area contributed by atoms with E-state index in [9.17, 15) is 9.50 Å². The Morgan fingerprint density at radius 1 is 1.14 bits per heavy atom. The molecule has 8 nitrogen and oxygen atoms in total. The number of aliphatic hydroxyl groups is 1. The SMILES string of the molecule is Nc1nc(CN2C[C@H](CO)Oc3ccccc32)nc(Nc2ccc(F)cc2)n1. The summed E-state index contributed by atoms with van der Waals surface area (Å²) in [5.41, 5.74) is 7.37. The van der Waals surface area contributed by atoms with Crippen LogP contribution in [0.15, 0.2) is 48.5 Å². The monoisotopic (exact) mass is 382 g/mol. The normalized spacial score (nSPS) is 15.6. The molecule has 9 heteroatoms. The molecule has 1 aromatic heterocycles. The molecular weight excluding hydrogens is 363 g/mol. The molecule has 1 aliphatic heterocycles. The van der Waals surface area contributed by atoms with Gasteiger partial charge in [0, 0.05) is 5.69 Å². The molecule has 0 amide bonds. The van der Waals surface area contributed by atoms with Crippen LogP contribution in [-0.4, -0.2) is 39.3 Å². The van der Waals surface area contributed by atoms with Crippen LogP contribution in [0.25, 0.3) is 0 Å². The molecule has 0 saturated heterocycles. The first-order valence-electron chi connectivity index (χ1n) is 8.75. The van der Waals surface area contributed by atoms with Gasteiger partial charge >= 0.3 is 0 Å². The van der Waals surface area contributed by atoms with E-state index in [-0.39, 0.29) is 30.4 Å². The van der Waals surface area contributed by atoms with Gasteiger partial charge in [0.1, 0.15) is 17.7 Å². The van der Waals surface area contributed by atoms with Gasteiger partial charge in [-0.15, -0.1) is 0 Å². The first-order valence-corrected chi connectivity index (χ1v) is 8.75. The average Bonchev–Trinajstić information content (AvgIpc) is 2.69.